The molecule has 2 heterocycles. The van der Waals surface area contributed by atoms with Crippen molar-refractivity contribution in [3.63, 3.8) is 0 Å². The number of hydrogen-bond acceptors (Lipinski definition) is 6. The van der Waals surface area contributed by atoms with Crippen molar-refractivity contribution in [1.82, 2.24) is 14.9 Å². The number of rotatable bonds is 9. The van der Waals surface area contributed by atoms with Gasteiger partial charge in [-0.15, -0.1) is 11.3 Å². The van der Waals surface area contributed by atoms with Crippen molar-refractivity contribution in [3.8, 4) is 0 Å². The van der Waals surface area contributed by atoms with Crippen molar-refractivity contribution >= 4 is 21.6 Å². The first-order valence-corrected chi connectivity index (χ1v) is 9.27. The minimum absolute atomic E-state index is 0.0935. The summed E-state index contributed by atoms with van der Waals surface area (Å²) in [5.41, 5.74) is -0.0935. The fourth-order valence-corrected chi connectivity index (χ4v) is 3.53. The maximum Gasteiger partial charge on any atom is 0.259 e. The highest BCUT2D eigenvalue weighted by atomic mass is 32.1. The Hall–Kier alpha value is -1.28. The Balaban J connectivity index is 2.14. The fourth-order valence-electron chi connectivity index (χ4n) is 2.48. The molecule has 0 saturated carbocycles. The molecule has 7 heteroatoms. The Kier molecular flexibility index (Phi) is 6.91. The number of likely N-dealkylation sites (N-methyl/N-ethyl adjacent to an activating group) is 1. The van der Waals surface area contributed by atoms with Crippen LogP contribution < -0.4 is 5.56 Å². The second-order valence-corrected chi connectivity index (χ2v) is 7.24. The minimum Gasteiger partial charge on any atom is -0.389 e. The van der Waals surface area contributed by atoms with Gasteiger partial charge in [0.15, 0.2) is 0 Å². The zero-order chi connectivity index (χ0) is 17.7. The van der Waals surface area contributed by atoms with E-state index in [1.54, 1.807) is 11.3 Å². The van der Waals surface area contributed by atoms with Crippen LogP contribution in [0.4, 0.5) is 0 Å². The minimum atomic E-state index is -0.547. The molecule has 0 aliphatic heterocycles. The lowest BCUT2D eigenvalue weighted by molar-refractivity contribution is 0.0202. The van der Waals surface area contributed by atoms with Gasteiger partial charge in [-0.25, -0.2) is 4.98 Å². The average Bonchev–Trinajstić information content (AvgIpc) is 2.97. The lowest BCUT2D eigenvalue weighted by atomic mass is 10.2. The summed E-state index contributed by atoms with van der Waals surface area (Å²) in [7, 11) is 0. The molecule has 0 fully saturated rings. The van der Waals surface area contributed by atoms with Gasteiger partial charge in [-0.2, -0.15) is 0 Å². The zero-order valence-electron chi connectivity index (χ0n) is 14.8. The lowest BCUT2D eigenvalue weighted by Crippen LogP contribution is -2.35. The van der Waals surface area contributed by atoms with Gasteiger partial charge in [-0.05, 0) is 25.5 Å². The van der Waals surface area contributed by atoms with Gasteiger partial charge in [-0.1, -0.05) is 20.8 Å². The number of nitrogens with one attached hydrogen (secondary N) is 1. The number of nitrogens with zero attached hydrogens (tertiary/aromatic N) is 2. The number of H-pyrrole nitrogens is 1. The molecule has 2 N–H and O–H groups in total. The van der Waals surface area contributed by atoms with Gasteiger partial charge in [0.1, 0.15) is 10.7 Å². The molecule has 6 nitrogen and oxygen atoms in total. The average molecular weight is 353 g/mol. The normalized spacial score (nSPS) is 13.3. The van der Waals surface area contributed by atoms with Crippen LogP contribution in [0.3, 0.4) is 0 Å². The molecule has 134 valence electrons. The third kappa shape index (κ3) is 4.86. The Morgan fingerprint density at radius 1 is 1.42 bits per heavy atom. The monoisotopic (exact) mass is 353 g/mol. The second kappa shape index (κ2) is 8.71. The molecule has 2 rings (SSSR count). The van der Waals surface area contributed by atoms with Crippen LogP contribution in [-0.4, -0.2) is 52.4 Å². The van der Waals surface area contributed by atoms with E-state index in [1.165, 1.54) is 4.88 Å². The van der Waals surface area contributed by atoms with Gasteiger partial charge in [-0.3, -0.25) is 9.69 Å². The van der Waals surface area contributed by atoms with Crippen LogP contribution in [0.25, 0.3) is 10.2 Å². The molecule has 1 unspecified atom stereocenters. The summed E-state index contributed by atoms with van der Waals surface area (Å²) in [6.45, 7) is 10.8. The number of aromatic nitrogens is 2. The predicted octanol–water partition coefficient (Wildman–Crippen LogP) is 2.33. The van der Waals surface area contributed by atoms with Gasteiger partial charge in [0, 0.05) is 18.0 Å². The van der Waals surface area contributed by atoms with Crippen molar-refractivity contribution in [3.05, 3.63) is 27.1 Å². The number of aliphatic hydroxyl groups excluding tert-OH is 1. The summed E-state index contributed by atoms with van der Waals surface area (Å²) >= 11 is 1.57. The highest BCUT2D eigenvalue weighted by Crippen LogP contribution is 2.27. The molecule has 1 atom stereocenters. The molecule has 0 bridgehead atoms. The molecule has 24 heavy (non-hydrogen) atoms. The van der Waals surface area contributed by atoms with Crippen molar-refractivity contribution in [2.24, 2.45) is 0 Å². The molecule has 0 radical (unpaired) electrons. The van der Waals surface area contributed by atoms with Crippen LogP contribution in [0, 0.1) is 0 Å². The first-order chi connectivity index (χ1) is 11.4. The van der Waals surface area contributed by atoms with Gasteiger partial charge in [0.2, 0.25) is 0 Å². The van der Waals surface area contributed by atoms with Gasteiger partial charge in [0.25, 0.3) is 5.56 Å². The van der Waals surface area contributed by atoms with Crippen LogP contribution in [0.15, 0.2) is 10.9 Å². The Bertz CT molecular complexity index is 711. The highest BCUT2D eigenvalue weighted by Gasteiger charge is 2.15. The van der Waals surface area contributed by atoms with E-state index >= 15 is 0 Å². The highest BCUT2D eigenvalue weighted by molar-refractivity contribution is 7.18. The molecule has 0 spiro atoms. The molecule has 0 saturated heterocycles. The van der Waals surface area contributed by atoms with Gasteiger partial charge < -0.3 is 14.8 Å². The number of fused-ring (bicyclic) bond motifs is 1. The molecular formula is C17H27N3O3S. The zero-order valence-corrected chi connectivity index (χ0v) is 15.7. The summed E-state index contributed by atoms with van der Waals surface area (Å²) in [6.07, 6.45) is -0.547. The summed E-state index contributed by atoms with van der Waals surface area (Å²) in [6, 6.07) is 1.93. The quantitative estimate of drug-likeness (QED) is 0.723. The van der Waals surface area contributed by atoms with Crippen LogP contribution in [-0.2, 0) is 11.3 Å². The van der Waals surface area contributed by atoms with Crippen molar-refractivity contribution in [2.45, 2.75) is 46.3 Å². The molecular weight excluding hydrogens is 326 g/mol. The standard InChI is InChI=1S/C17H27N3O3S/c1-5-20(8-12(21)10-23-6-2)9-15-18-16(22)13-7-14(11(3)4)24-17(13)19-15/h7,11-12,21H,5-6,8-10H2,1-4H3,(H,18,19,22). The van der Waals surface area contributed by atoms with Crippen molar-refractivity contribution in [1.29, 1.82) is 0 Å². The van der Waals surface area contributed by atoms with Crippen molar-refractivity contribution in [2.75, 3.05) is 26.3 Å². The maximum absolute atomic E-state index is 12.3. The number of ether oxygens (including phenoxy) is 1. The fraction of sp³-hybridized carbons (Fsp3) is 0.647. The van der Waals surface area contributed by atoms with E-state index in [0.717, 1.165) is 11.4 Å². The summed E-state index contributed by atoms with van der Waals surface area (Å²) in [4.78, 5) is 23.8. The summed E-state index contributed by atoms with van der Waals surface area (Å²) < 4.78 is 5.24. The van der Waals surface area contributed by atoms with E-state index < -0.39 is 6.10 Å². The number of aromatic amines is 1. The van der Waals surface area contributed by atoms with E-state index in [1.807, 2.05) is 24.8 Å². The van der Waals surface area contributed by atoms with Crippen LogP contribution in [0.1, 0.15) is 44.3 Å². The van der Waals surface area contributed by atoms with Gasteiger partial charge in [0.05, 0.1) is 24.6 Å². The van der Waals surface area contributed by atoms with Crippen LogP contribution in [0.5, 0.6) is 0 Å². The molecule has 0 aliphatic carbocycles. The van der Waals surface area contributed by atoms with E-state index in [9.17, 15) is 9.90 Å². The predicted molar refractivity (Wildman–Crippen MR) is 97.8 cm³/mol. The van der Waals surface area contributed by atoms with E-state index in [-0.39, 0.29) is 5.56 Å². The second-order valence-electron chi connectivity index (χ2n) is 6.18. The molecule has 0 aliphatic rings. The smallest absolute Gasteiger partial charge is 0.259 e. The molecule has 2 aromatic heterocycles. The Labute approximate surface area is 146 Å². The number of hydrogen-bond donors (Lipinski definition) is 2. The van der Waals surface area contributed by atoms with E-state index in [2.05, 4.69) is 23.8 Å². The first-order valence-electron chi connectivity index (χ1n) is 8.45. The SMILES string of the molecule is CCOCC(O)CN(CC)Cc1nc2sc(C(C)C)cc2c(=O)[nH]1. The van der Waals surface area contributed by atoms with E-state index in [0.29, 0.717) is 43.4 Å². The first kappa shape index (κ1) is 19.1. The summed E-state index contributed by atoms with van der Waals surface area (Å²) in [5, 5.41) is 10.7. The summed E-state index contributed by atoms with van der Waals surface area (Å²) in [5.74, 6) is 1.02. The molecule has 0 aromatic carbocycles. The molecule has 2 aromatic rings. The molecule has 0 amide bonds. The van der Waals surface area contributed by atoms with Gasteiger partial charge >= 0.3 is 0 Å². The van der Waals surface area contributed by atoms with Crippen molar-refractivity contribution < 1.29 is 9.84 Å². The topological polar surface area (TPSA) is 78.5 Å². The third-order valence-corrected chi connectivity index (χ3v) is 5.17. The maximum atomic E-state index is 12.3. The van der Waals surface area contributed by atoms with Crippen LogP contribution >= 0.6 is 11.3 Å². The van der Waals surface area contributed by atoms with Crippen LogP contribution in [0.2, 0.25) is 0 Å². The largest absolute Gasteiger partial charge is 0.389 e. The number of thiophene rings is 1. The third-order valence-electron chi connectivity index (χ3n) is 3.84. The van der Waals surface area contributed by atoms with E-state index in [4.69, 9.17) is 4.74 Å². The number of aliphatic hydroxyl groups is 1. The Morgan fingerprint density at radius 2 is 2.17 bits per heavy atom. The Morgan fingerprint density at radius 3 is 2.79 bits per heavy atom. The lowest BCUT2D eigenvalue weighted by Gasteiger charge is -2.22.